The van der Waals surface area contributed by atoms with Gasteiger partial charge in [0, 0.05) is 29.6 Å². The molecule has 3 aliphatic rings. The van der Waals surface area contributed by atoms with Crippen molar-refractivity contribution in [2.75, 3.05) is 0 Å². The van der Waals surface area contributed by atoms with Gasteiger partial charge in [-0.05, 0) is 105 Å². The van der Waals surface area contributed by atoms with Gasteiger partial charge in [-0.2, -0.15) is 0 Å². The topological polar surface area (TPSA) is 65.1 Å². The average molecular weight is 423 g/mol. The summed E-state index contributed by atoms with van der Waals surface area (Å²) in [5.41, 5.74) is 4.83. The van der Waals surface area contributed by atoms with Gasteiger partial charge in [0.05, 0.1) is 5.60 Å². The number of hydrogen-bond donors (Lipinski definition) is 3. The number of carbonyl (C=O) groups is 1. The minimum absolute atomic E-state index is 0.152. The zero-order valence-electron chi connectivity index (χ0n) is 19.3. The van der Waals surface area contributed by atoms with Gasteiger partial charge in [-0.1, -0.05) is 19.9 Å². The summed E-state index contributed by atoms with van der Waals surface area (Å²) in [4.78, 5) is 16.4. The number of amides is 1. The number of hydrogen-bond acceptors (Lipinski definition) is 2. The van der Waals surface area contributed by atoms with E-state index in [2.05, 4.69) is 49.4 Å². The second-order valence-electron chi connectivity index (χ2n) is 11.2. The molecule has 0 spiro atoms. The summed E-state index contributed by atoms with van der Waals surface area (Å²) in [5.74, 6) is 2.19. The predicted molar refractivity (Wildman–Crippen MR) is 125 cm³/mol. The van der Waals surface area contributed by atoms with Crippen LogP contribution in [0.25, 0.3) is 10.9 Å². The van der Waals surface area contributed by atoms with E-state index in [0.717, 1.165) is 38.0 Å². The molecular formula is C27H38N2O2. The summed E-state index contributed by atoms with van der Waals surface area (Å²) in [6.07, 6.45) is 11.0. The molecule has 5 unspecified atom stereocenters. The van der Waals surface area contributed by atoms with Crippen LogP contribution in [0.2, 0.25) is 0 Å². The normalized spacial score (nSPS) is 31.9. The van der Waals surface area contributed by atoms with Crippen molar-refractivity contribution >= 4 is 16.8 Å². The molecule has 2 bridgehead atoms. The van der Waals surface area contributed by atoms with Crippen molar-refractivity contribution in [3.8, 4) is 0 Å². The van der Waals surface area contributed by atoms with Gasteiger partial charge in [-0.15, -0.1) is 0 Å². The Hall–Kier alpha value is -1.81. The van der Waals surface area contributed by atoms with Crippen LogP contribution in [0.5, 0.6) is 0 Å². The van der Waals surface area contributed by atoms with E-state index in [1.54, 1.807) is 0 Å². The van der Waals surface area contributed by atoms with E-state index in [-0.39, 0.29) is 17.9 Å². The number of aromatic amines is 1. The van der Waals surface area contributed by atoms with Crippen LogP contribution in [-0.4, -0.2) is 27.6 Å². The summed E-state index contributed by atoms with van der Waals surface area (Å²) in [6.45, 7) is 6.68. The Balaban J connectivity index is 1.26. The lowest BCUT2D eigenvalue weighted by molar-refractivity contribution is -0.122. The van der Waals surface area contributed by atoms with E-state index in [9.17, 15) is 9.90 Å². The molecule has 1 heterocycles. The summed E-state index contributed by atoms with van der Waals surface area (Å²) in [7, 11) is 0. The molecule has 31 heavy (non-hydrogen) atoms. The molecule has 5 atom stereocenters. The van der Waals surface area contributed by atoms with E-state index in [1.807, 2.05) is 0 Å². The molecule has 1 aromatic heterocycles. The number of fused-ring (bicyclic) bond motifs is 3. The number of aryl methyl sites for hydroxylation is 1. The van der Waals surface area contributed by atoms with Crippen molar-refractivity contribution < 1.29 is 9.90 Å². The summed E-state index contributed by atoms with van der Waals surface area (Å²) in [6, 6.07) is 4.70. The molecule has 3 N–H and O–H groups in total. The summed E-state index contributed by atoms with van der Waals surface area (Å²) in [5, 5.41) is 15.6. The molecule has 1 amide bonds. The minimum atomic E-state index is -0.504. The maximum Gasteiger partial charge on any atom is 0.220 e. The fourth-order valence-corrected chi connectivity index (χ4v) is 6.83. The highest BCUT2D eigenvalue weighted by Gasteiger charge is 2.41. The second-order valence-corrected chi connectivity index (χ2v) is 11.2. The SMILES string of the molecule is Cc1c(C2CC2)ccc2[nH]cc(C(C)CC(=O)NC3CCC4(O)CC(C)CC(C3)C4)c12. The van der Waals surface area contributed by atoms with Crippen LogP contribution in [0.15, 0.2) is 18.3 Å². The summed E-state index contributed by atoms with van der Waals surface area (Å²) >= 11 is 0. The molecule has 0 radical (unpaired) electrons. The van der Waals surface area contributed by atoms with Gasteiger partial charge in [0.15, 0.2) is 0 Å². The Morgan fingerprint density at radius 2 is 2.06 bits per heavy atom. The average Bonchev–Trinajstić information content (AvgIpc) is 3.44. The standard InChI is InChI=1S/C27H38N2O2/c1-16-10-19-12-21(8-9-27(31,13-16)14-19)29-25(30)11-17(2)23-15-28-24-7-6-22(20-4-5-20)18(3)26(23)24/h6-7,15-17,19-21,28,31H,4-5,8-14H2,1-3H3,(H,29,30). The number of aromatic nitrogens is 1. The molecule has 4 nitrogen and oxygen atoms in total. The van der Waals surface area contributed by atoms with Crippen LogP contribution >= 0.6 is 0 Å². The van der Waals surface area contributed by atoms with Crippen LogP contribution in [0.1, 0.15) is 100 Å². The molecule has 3 saturated carbocycles. The van der Waals surface area contributed by atoms with E-state index >= 15 is 0 Å². The van der Waals surface area contributed by atoms with Crippen molar-refractivity contribution in [3.05, 3.63) is 35.0 Å². The molecule has 0 aliphatic heterocycles. The molecule has 0 saturated heterocycles. The molecule has 1 aromatic carbocycles. The molecule has 3 fully saturated rings. The third-order valence-electron chi connectivity index (χ3n) is 8.29. The summed E-state index contributed by atoms with van der Waals surface area (Å²) < 4.78 is 0. The Morgan fingerprint density at radius 3 is 2.84 bits per heavy atom. The molecule has 3 aliphatic carbocycles. The Morgan fingerprint density at radius 1 is 1.26 bits per heavy atom. The quantitative estimate of drug-likeness (QED) is 0.580. The van der Waals surface area contributed by atoms with E-state index < -0.39 is 5.60 Å². The second kappa shape index (κ2) is 7.95. The highest BCUT2D eigenvalue weighted by molar-refractivity contribution is 5.89. The van der Waals surface area contributed by atoms with E-state index in [0.29, 0.717) is 18.3 Å². The predicted octanol–water partition coefficient (Wildman–Crippen LogP) is 5.68. The first-order valence-corrected chi connectivity index (χ1v) is 12.4. The first-order valence-electron chi connectivity index (χ1n) is 12.4. The lowest BCUT2D eigenvalue weighted by atomic mass is 9.72. The molecular weight excluding hydrogens is 384 g/mol. The van der Waals surface area contributed by atoms with E-state index in [1.165, 1.54) is 46.9 Å². The van der Waals surface area contributed by atoms with Gasteiger partial charge < -0.3 is 15.4 Å². The van der Waals surface area contributed by atoms with Gasteiger partial charge in [0.1, 0.15) is 0 Å². The van der Waals surface area contributed by atoms with Gasteiger partial charge in [-0.25, -0.2) is 0 Å². The van der Waals surface area contributed by atoms with Crippen molar-refractivity contribution in [2.45, 2.75) is 102 Å². The highest BCUT2D eigenvalue weighted by atomic mass is 16.3. The number of nitrogens with one attached hydrogen (secondary N) is 2. The van der Waals surface area contributed by atoms with Gasteiger partial charge in [0.25, 0.3) is 0 Å². The Labute approximate surface area is 186 Å². The Kier molecular flexibility index (Phi) is 5.40. The third-order valence-corrected chi connectivity index (χ3v) is 8.29. The van der Waals surface area contributed by atoms with E-state index in [4.69, 9.17) is 0 Å². The van der Waals surface area contributed by atoms with Crippen LogP contribution in [0, 0.1) is 18.8 Å². The first-order chi connectivity index (χ1) is 14.8. The first kappa shape index (κ1) is 21.1. The number of aliphatic hydroxyl groups is 1. The molecule has 2 aromatic rings. The smallest absolute Gasteiger partial charge is 0.220 e. The molecule has 4 heteroatoms. The van der Waals surface area contributed by atoms with Crippen molar-refractivity contribution in [3.63, 3.8) is 0 Å². The van der Waals surface area contributed by atoms with Crippen LogP contribution in [0.4, 0.5) is 0 Å². The van der Waals surface area contributed by atoms with Crippen LogP contribution in [0.3, 0.4) is 0 Å². The van der Waals surface area contributed by atoms with Crippen molar-refractivity contribution in [1.29, 1.82) is 0 Å². The van der Waals surface area contributed by atoms with Gasteiger partial charge >= 0.3 is 0 Å². The minimum Gasteiger partial charge on any atom is -0.390 e. The highest BCUT2D eigenvalue weighted by Crippen LogP contribution is 2.45. The number of H-pyrrole nitrogens is 1. The van der Waals surface area contributed by atoms with Crippen molar-refractivity contribution in [2.24, 2.45) is 11.8 Å². The molecule has 5 rings (SSSR count). The number of benzene rings is 1. The third kappa shape index (κ3) is 4.28. The number of carbonyl (C=O) groups excluding carboxylic acids is 1. The lowest BCUT2D eigenvalue weighted by Gasteiger charge is -2.38. The lowest BCUT2D eigenvalue weighted by Crippen LogP contribution is -2.37. The van der Waals surface area contributed by atoms with Crippen LogP contribution in [-0.2, 0) is 4.79 Å². The zero-order chi connectivity index (χ0) is 21.8. The molecule has 168 valence electrons. The van der Waals surface area contributed by atoms with Gasteiger partial charge in [0.2, 0.25) is 5.91 Å². The number of rotatable bonds is 5. The fraction of sp³-hybridized carbons (Fsp3) is 0.667. The maximum atomic E-state index is 13.0. The largest absolute Gasteiger partial charge is 0.390 e. The fourth-order valence-electron chi connectivity index (χ4n) is 6.83. The van der Waals surface area contributed by atoms with Crippen LogP contribution < -0.4 is 5.32 Å². The maximum absolute atomic E-state index is 13.0. The van der Waals surface area contributed by atoms with Crippen molar-refractivity contribution in [1.82, 2.24) is 10.3 Å². The Bertz CT molecular complexity index is 975. The zero-order valence-corrected chi connectivity index (χ0v) is 19.3. The monoisotopic (exact) mass is 422 g/mol. The van der Waals surface area contributed by atoms with Gasteiger partial charge in [-0.3, -0.25) is 4.79 Å².